The molecule has 0 bridgehead atoms. The van der Waals surface area contributed by atoms with Crippen LogP contribution in [0.4, 0.5) is 0 Å². The number of aromatic nitrogens is 1. The molecule has 0 aliphatic rings. The topological polar surface area (TPSA) is 60.0 Å². The monoisotopic (exact) mass is 249 g/mol. The summed E-state index contributed by atoms with van der Waals surface area (Å²) in [5.41, 5.74) is 6.03. The maximum Gasteiger partial charge on any atom is 0.267 e. The van der Waals surface area contributed by atoms with Crippen LogP contribution >= 0.6 is 11.3 Å². The summed E-state index contributed by atoms with van der Waals surface area (Å²) in [6, 6.07) is 7.77. The van der Waals surface area contributed by atoms with Crippen LogP contribution in [0, 0.1) is 0 Å². The summed E-state index contributed by atoms with van der Waals surface area (Å²) in [5, 5.41) is 4.81. The van der Waals surface area contributed by atoms with Crippen molar-refractivity contribution in [1.29, 1.82) is 0 Å². The van der Waals surface area contributed by atoms with Crippen molar-refractivity contribution in [3.05, 3.63) is 46.4 Å². The standard InChI is InChI=1S/C12H15N3OS/c13-5-6-14-12(16)11-4-1-7-15(11)9-10-3-2-8-17-10/h1-4,7-8H,5-6,9,13H2,(H,14,16). The second kappa shape index (κ2) is 5.65. The molecule has 0 aliphatic carbocycles. The van der Waals surface area contributed by atoms with Crippen LogP contribution in [0.2, 0.25) is 0 Å². The molecule has 0 radical (unpaired) electrons. The summed E-state index contributed by atoms with van der Waals surface area (Å²) in [7, 11) is 0. The number of nitrogens with two attached hydrogens (primary N) is 1. The highest BCUT2D eigenvalue weighted by atomic mass is 32.1. The smallest absolute Gasteiger partial charge is 0.267 e. The first kappa shape index (κ1) is 11.9. The number of nitrogens with one attached hydrogen (secondary N) is 1. The molecule has 1 amide bonds. The highest BCUT2D eigenvalue weighted by Crippen LogP contribution is 2.12. The number of thiophene rings is 1. The fraction of sp³-hybridized carbons (Fsp3) is 0.250. The molecule has 0 atom stereocenters. The van der Waals surface area contributed by atoms with Gasteiger partial charge in [-0.25, -0.2) is 0 Å². The van der Waals surface area contributed by atoms with Crippen LogP contribution in [-0.4, -0.2) is 23.6 Å². The van der Waals surface area contributed by atoms with E-state index in [1.165, 1.54) is 4.88 Å². The third-order valence-corrected chi connectivity index (χ3v) is 3.26. The van der Waals surface area contributed by atoms with Crippen LogP contribution in [0.1, 0.15) is 15.4 Å². The van der Waals surface area contributed by atoms with Crippen molar-refractivity contribution in [3.63, 3.8) is 0 Å². The van der Waals surface area contributed by atoms with Crippen LogP contribution in [-0.2, 0) is 6.54 Å². The van der Waals surface area contributed by atoms with Crippen molar-refractivity contribution in [2.45, 2.75) is 6.54 Å². The molecule has 3 N–H and O–H groups in total. The average Bonchev–Trinajstić information content (AvgIpc) is 2.97. The maximum absolute atomic E-state index is 11.8. The molecule has 0 spiro atoms. The molecule has 0 aliphatic heterocycles. The quantitative estimate of drug-likeness (QED) is 0.838. The minimum Gasteiger partial charge on any atom is -0.349 e. The molecule has 0 unspecified atom stereocenters. The molecule has 4 nitrogen and oxygen atoms in total. The highest BCUT2D eigenvalue weighted by Gasteiger charge is 2.10. The zero-order chi connectivity index (χ0) is 12.1. The van der Waals surface area contributed by atoms with Gasteiger partial charge in [0.05, 0.1) is 6.54 Å². The summed E-state index contributed by atoms with van der Waals surface area (Å²) in [6.07, 6.45) is 1.91. The summed E-state index contributed by atoms with van der Waals surface area (Å²) in [4.78, 5) is 13.1. The Morgan fingerprint density at radius 2 is 2.29 bits per heavy atom. The lowest BCUT2D eigenvalue weighted by Crippen LogP contribution is -2.30. The number of carbonyl (C=O) groups excluding carboxylic acids is 1. The van der Waals surface area contributed by atoms with Gasteiger partial charge >= 0.3 is 0 Å². The van der Waals surface area contributed by atoms with E-state index < -0.39 is 0 Å². The van der Waals surface area contributed by atoms with Crippen LogP contribution in [0.15, 0.2) is 35.8 Å². The van der Waals surface area contributed by atoms with Crippen molar-refractivity contribution in [3.8, 4) is 0 Å². The van der Waals surface area contributed by atoms with Gasteiger partial charge in [0, 0.05) is 24.2 Å². The van der Waals surface area contributed by atoms with Crippen LogP contribution in [0.3, 0.4) is 0 Å². The Bertz CT molecular complexity index is 476. The van der Waals surface area contributed by atoms with Gasteiger partial charge in [-0.2, -0.15) is 0 Å². The van der Waals surface area contributed by atoms with Gasteiger partial charge in [0.25, 0.3) is 5.91 Å². The van der Waals surface area contributed by atoms with E-state index in [1.807, 2.05) is 34.3 Å². The van der Waals surface area contributed by atoms with Crippen molar-refractivity contribution in [2.75, 3.05) is 13.1 Å². The van der Waals surface area contributed by atoms with Gasteiger partial charge in [0.15, 0.2) is 0 Å². The largest absolute Gasteiger partial charge is 0.349 e. The lowest BCUT2D eigenvalue weighted by atomic mass is 10.3. The second-order valence-electron chi connectivity index (χ2n) is 3.65. The lowest BCUT2D eigenvalue weighted by Gasteiger charge is -2.08. The summed E-state index contributed by atoms with van der Waals surface area (Å²) in [6.45, 7) is 1.69. The number of nitrogens with zero attached hydrogens (tertiary/aromatic N) is 1. The summed E-state index contributed by atoms with van der Waals surface area (Å²) < 4.78 is 1.94. The van der Waals surface area contributed by atoms with Gasteiger partial charge < -0.3 is 15.6 Å². The maximum atomic E-state index is 11.8. The van der Waals surface area contributed by atoms with Gasteiger partial charge in [-0.1, -0.05) is 6.07 Å². The van der Waals surface area contributed by atoms with Crippen molar-refractivity contribution in [2.24, 2.45) is 5.73 Å². The van der Waals surface area contributed by atoms with Crippen LogP contribution in [0.25, 0.3) is 0 Å². The third kappa shape index (κ3) is 2.95. The number of carbonyl (C=O) groups is 1. The molecule has 2 aromatic heterocycles. The molecule has 0 saturated heterocycles. The zero-order valence-electron chi connectivity index (χ0n) is 9.43. The number of rotatable bonds is 5. The number of hydrogen-bond donors (Lipinski definition) is 2. The molecule has 5 heteroatoms. The number of hydrogen-bond acceptors (Lipinski definition) is 3. The van der Waals surface area contributed by atoms with Gasteiger partial charge in [-0.15, -0.1) is 11.3 Å². The van der Waals surface area contributed by atoms with E-state index in [0.717, 1.165) is 6.54 Å². The van der Waals surface area contributed by atoms with E-state index in [9.17, 15) is 4.79 Å². The fourth-order valence-electron chi connectivity index (χ4n) is 1.60. The summed E-state index contributed by atoms with van der Waals surface area (Å²) in [5.74, 6) is -0.0722. The Balaban J connectivity index is 2.08. The van der Waals surface area contributed by atoms with Gasteiger partial charge in [0.2, 0.25) is 0 Å². The Morgan fingerprint density at radius 1 is 1.41 bits per heavy atom. The van der Waals surface area contributed by atoms with Gasteiger partial charge in [-0.3, -0.25) is 4.79 Å². The van der Waals surface area contributed by atoms with E-state index in [4.69, 9.17) is 5.73 Å². The molecule has 2 heterocycles. The minimum absolute atomic E-state index is 0.0722. The Labute approximate surface area is 104 Å². The first-order valence-corrected chi connectivity index (χ1v) is 6.35. The molecule has 90 valence electrons. The lowest BCUT2D eigenvalue weighted by molar-refractivity contribution is 0.0946. The van der Waals surface area contributed by atoms with E-state index in [1.54, 1.807) is 11.3 Å². The Morgan fingerprint density at radius 3 is 3.00 bits per heavy atom. The normalized spacial score (nSPS) is 10.4. The second-order valence-corrected chi connectivity index (χ2v) is 4.68. The third-order valence-electron chi connectivity index (χ3n) is 2.40. The highest BCUT2D eigenvalue weighted by molar-refractivity contribution is 7.09. The van der Waals surface area contributed by atoms with Gasteiger partial charge in [0.1, 0.15) is 5.69 Å². The van der Waals surface area contributed by atoms with Crippen molar-refractivity contribution < 1.29 is 4.79 Å². The molecular formula is C12H15N3OS. The molecule has 17 heavy (non-hydrogen) atoms. The van der Waals surface area contributed by atoms with Crippen molar-refractivity contribution in [1.82, 2.24) is 9.88 Å². The van der Waals surface area contributed by atoms with E-state index in [0.29, 0.717) is 18.8 Å². The molecule has 0 aromatic carbocycles. The van der Waals surface area contributed by atoms with Crippen LogP contribution < -0.4 is 11.1 Å². The first-order valence-electron chi connectivity index (χ1n) is 5.47. The van der Waals surface area contributed by atoms with Crippen LogP contribution in [0.5, 0.6) is 0 Å². The minimum atomic E-state index is -0.0722. The molecule has 0 fully saturated rings. The first-order chi connectivity index (χ1) is 8.31. The molecule has 2 aromatic rings. The Kier molecular flexibility index (Phi) is 3.95. The molecule has 0 saturated carbocycles. The Hall–Kier alpha value is -1.59. The van der Waals surface area contributed by atoms with E-state index in [2.05, 4.69) is 11.4 Å². The van der Waals surface area contributed by atoms with E-state index >= 15 is 0 Å². The van der Waals surface area contributed by atoms with Gasteiger partial charge in [-0.05, 0) is 23.6 Å². The predicted molar refractivity (Wildman–Crippen MR) is 69.2 cm³/mol. The van der Waals surface area contributed by atoms with Crippen molar-refractivity contribution >= 4 is 17.2 Å². The predicted octanol–water partition coefficient (Wildman–Crippen LogP) is 1.29. The SMILES string of the molecule is NCCNC(=O)c1cccn1Cc1cccs1. The summed E-state index contributed by atoms with van der Waals surface area (Å²) >= 11 is 1.69. The van der Waals surface area contributed by atoms with E-state index in [-0.39, 0.29) is 5.91 Å². The molecule has 2 rings (SSSR count). The fourth-order valence-corrected chi connectivity index (χ4v) is 2.31. The number of amides is 1. The average molecular weight is 249 g/mol. The molecular weight excluding hydrogens is 234 g/mol. The zero-order valence-corrected chi connectivity index (χ0v) is 10.2.